The summed E-state index contributed by atoms with van der Waals surface area (Å²) in [7, 11) is 0. The molecule has 0 aromatic heterocycles. The van der Waals surface area contributed by atoms with Crippen LogP contribution in [-0.2, 0) is 9.47 Å². The van der Waals surface area contributed by atoms with E-state index in [1.807, 2.05) is 25.1 Å². The van der Waals surface area contributed by atoms with E-state index in [2.05, 4.69) is 13.8 Å². The molecule has 2 aliphatic heterocycles. The van der Waals surface area contributed by atoms with Gasteiger partial charge >= 0.3 is 0 Å². The van der Waals surface area contributed by atoms with Crippen molar-refractivity contribution in [1.82, 2.24) is 0 Å². The van der Waals surface area contributed by atoms with E-state index >= 15 is 0 Å². The van der Waals surface area contributed by atoms with Crippen molar-refractivity contribution in [3.63, 3.8) is 0 Å². The Kier molecular flexibility index (Phi) is 2.92. The maximum Gasteiger partial charge on any atom is 0.231 e. The molecule has 1 saturated heterocycles. The molecule has 0 N–H and O–H groups in total. The van der Waals surface area contributed by atoms with Gasteiger partial charge in [-0.2, -0.15) is 0 Å². The van der Waals surface area contributed by atoms with Gasteiger partial charge in [0.15, 0.2) is 17.8 Å². The van der Waals surface area contributed by atoms with Crippen molar-refractivity contribution in [3.8, 4) is 11.5 Å². The van der Waals surface area contributed by atoms with Crippen LogP contribution in [0.2, 0.25) is 0 Å². The Morgan fingerprint density at radius 3 is 2.61 bits per heavy atom. The zero-order chi connectivity index (χ0) is 12.7. The maximum absolute atomic E-state index is 5.90. The average molecular weight is 250 g/mol. The quantitative estimate of drug-likeness (QED) is 0.768. The second-order valence-electron chi connectivity index (χ2n) is 4.94. The number of benzene rings is 1. The van der Waals surface area contributed by atoms with Gasteiger partial charge in [-0.3, -0.25) is 0 Å². The lowest BCUT2D eigenvalue weighted by Crippen LogP contribution is -2.37. The molecule has 0 amide bonds. The molecule has 2 aliphatic rings. The smallest absolute Gasteiger partial charge is 0.231 e. The highest BCUT2D eigenvalue weighted by Gasteiger charge is 2.34. The summed E-state index contributed by atoms with van der Waals surface area (Å²) in [4.78, 5) is 0. The minimum Gasteiger partial charge on any atom is -0.454 e. The van der Waals surface area contributed by atoms with Gasteiger partial charge < -0.3 is 18.9 Å². The molecule has 4 atom stereocenters. The fourth-order valence-electron chi connectivity index (χ4n) is 2.51. The molecule has 0 aliphatic carbocycles. The summed E-state index contributed by atoms with van der Waals surface area (Å²) in [5.41, 5.74) is 1.12. The van der Waals surface area contributed by atoms with Gasteiger partial charge in [0.25, 0.3) is 0 Å². The monoisotopic (exact) mass is 250 g/mol. The SMILES string of the molecule is C[C@@H]1O[C@H](C)[C@@H](C)[C@H](c2ccc3c(c2)OCO3)O1. The van der Waals surface area contributed by atoms with Gasteiger partial charge in [-0.25, -0.2) is 0 Å². The zero-order valence-electron chi connectivity index (χ0n) is 10.9. The highest BCUT2D eigenvalue weighted by Crippen LogP contribution is 2.40. The van der Waals surface area contributed by atoms with E-state index in [1.165, 1.54) is 0 Å². The van der Waals surface area contributed by atoms with Crippen LogP contribution in [0.3, 0.4) is 0 Å². The van der Waals surface area contributed by atoms with E-state index in [4.69, 9.17) is 18.9 Å². The Hall–Kier alpha value is -1.26. The Morgan fingerprint density at radius 1 is 1.00 bits per heavy atom. The first-order chi connectivity index (χ1) is 8.65. The van der Waals surface area contributed by atoms with Gasteiger partial charge in [-0.05, 0) is 31.5 Å². The van der Waals surface area contributed by atoms with Crippen LogP contribution in [0.4, 0.5) is 0 Å². The third-order valence-corrected chi connectivity index (χ3v) is 3.69. The maximum atomic E-state index is 5.90. The van der Waals surface area contributed by atoms with Crippen LogP contribution in [-0.4, -0.2) is 19.2 Å². The van der Waals surface area contributed by atoms with E-state index in [9.17, 15) is 0 Å². The molecule has 1 aromatic carbocycles. The zero-order valence-corrected chi connectivity index (χ0v) is 10.9. The molecule has 98 valence electrons. The molecule has 4 nitrogen and oxygen atoms in total. The topological polar surface area (TPSA) is 36.9 Å². The minimum absolute atomic E-state index is 0.0400. The van der Waals surface area contributed by atoms with Crippen molar-refractivity contribution in [2.75, 3.05) is 6.79 Å². The number of hydrogen-bond acceptors (Lipinski definition) is 4. The fourth-order valence-corrected chi connectivity index (χ4v) is 2.51. The van der Waals surface area contributed by atoms with Crippen molar-refractivity contribution in [2.45, 2.75) is 39.3 Å². The summed E-state index contributed by atoms with van der Waals surface area (Å²) < 4.78 is 22.3. The number of fused-ring (bicyclic) bond motifs is 1. The molecule has 3 rings (SSSR count). The summed E-state index contributed by atoms with van der Waals surface area (Å²) >= 11 is 0. The molecule has 0 radical (unpaired) electrons. The first-order valence-electron chi connectivity index (χ1n) is 6.35. The Labute approximate surface area is 107 Å². The number of rotatable bonds is 1. The lowest BCUT2D eigenvalue weighted by atomic mass is 9.92. The van der Waals surface area contributed by atoms with Crippen LogP contribution in [0.5, 0.6) is 11.5 Å². The van der Waals surface area contributed by atoms with Gasteiger partial charge in [-0.1, -0.05) is 13.0 Å². The second kappa shape index (κ2) is 4.44. The van der Waals surface area contributed by atoms with Crippen molar-refractivity contribution >= 4 is 0 Å². The summed E-state index contributed by atoms with van der Waals surface area (Å²) in [6.07, 6.45) is 0.0500. The highest BCUT2D eigenvalue weighted by molar-refractivity contribution is 5.45. The van der Waals surface area contributed by atoms with Crippen LogP contribution < -0.4 is 9.47 Å². The lowest BCUT2D eigenvalue weighted by Gasteiger charge is -2.38. The van der Waals surface area contributed by atoms with Gasteiger partial charge in [0.1, 0.15) is 0 Å². The molecular formula is C14H18O4. The van der Waals surface area contributed by atoms with Crippen LogP contribution in [0, 0.1) is 5.92 Å². The average Bonchev–Trinajstić information content (AvgIpc) is 2.80. The van der Waals surface area contributed by atoms with E-state index in [1.54, 1.807) is 0 Å². The molecule has 0 saturated carbocycles. The van der Waals surface area contributed by atoms with E-state index in [0.717, 1.165) is 17.1 Å². The number of ether oxygens (including phenoxy) is 4. The van der Waals surface area contributed by atoms with Crippen molar-refractivity contribution in [2.24, 2.45) is 5.92 Å². The Morgan fingerprint density at radius 2 is 1.78 bits per heavy atom. The molecule has 2 heterocycles. The van der Waals surface area contributed by atoms with Crippen LogP contribution in [0.1, 0.15) is 32.4 Å². The number of hydrogen-bond donors (Lipinski definition) is 0. The van der Waals surface area contributed by atoms with Gasteiger partial charge in [0, 0.05) is 5.92 Å². The Bertz CT molecular complexity index is 445. The molecule has 1 fully saturated rings. The van der Waals surface area contributed by atoms with Crippen molar-refractivity contribution in [3.05, 3.63) is 23.8 Å². The van der Waals surface area contributed by atoms with E-state index in [-0.39, 0.29) is 18.5 Å². The van der Waals surface area contributed by atoms with E-state index in [0.29, 0.717) is 12.7 Å². The normalized spacial score (nSPS) is 34.6. The largest absolute Gasteiger partial charge is 0.454 e. The second-order valence-corrected chi connectivity index (χ2v) is 4.94. The van der Waals surface area contributed by atoms with Gasteiger partial charge in [0.2, 0.25) is 6.79 Å². The molecule has 1 aromatic rings. The standard InChI is InChI=1S/C14H18O4/c1-8-9(2)17-10(3)18-14(8)11-4-5-12-13(6-11)16-7-15-12/h4-6,8-10,14H,7H2,1-3H3/t8-,9-,10-,14-/m1/s1. The highest BCUT2D eigenvalue weighted by atomic mass is 16.7. The first-order valence-corrected chi connectivity index (χ1v) is 6.35. The molecule has 0 spiro atoms. The van der Waals surface area contributed by atoms with Gasteiger partial charge in [0.05, 0.1) is 12.2 Å². The molecule has 0 unspecified atom stereocenters. The summed E-state index contributed by atoms with van der Waals surface area (Å²) in [5.74, 6) is 1.91. The summed E-state index contributed by atoms with van der Waals surface area (Å²) in [6, 6.07) is 5.99. The fraction of sp³-hybridized carbons (Fsp3) is 0.571. The third-order valence-electron chi connectivity index (χ3n) is 3.69. The first kappa shape index (κ1) is 11.8. The minimum atomic E-state index is -0.174. The molecular weight excluding hydrogens is 232 g/mol. The van der Waals surface area contributed by atoms with E-state index < -0.39 is 0 Å². The predicted molar refractivity (Wildman–Crippen MR) is 65.6 cm³/mol. The molecule has 4 heteroatoms. The van der Waals surface area contributed by atoms with Crippen molar-refractivity contribution in [1.29, 1.82) is 0 Å². The molecule has 18 heavy (non-hydrogen) atoms. The molecule has 0 bridgehead atoms. The van der Waals surface area contributed by atoms with Crippen LogP contribution in [0.15, 0.2) is 18.2 Å². The van der Waals surface area contributed by atoms with Crippen LogP contribution >= 0.6 is 0 Å². The predicted octanol–water partition coefficient (Wildman–Crippen LogP) is 2.87. The van der Waals surface area contributed by atoms with Gasteiger partial charge in [-0.15, -0.1) is 0 Å². The third kappa shape index (κ3) is 1.95. The van der Waals surface area contributed by atoms with Crippen LogP contribution in [0.25, 0.3) is 0 Å². The lowest BCUT2D eigenvalue weighted by molar-refractivity contribution is -0.256. The summed E-state index contributed by atoms with van der Waals surface area (Å²) in [6.45, 7) is 6.47. The summed E-state index contributed by atoms with van der Waals surface area (Å²) in [5, 5.41) is 0. The Balaban J connectivity index is 1.89. The van der Waals surface area contributed by atoms with Crippen molar-refractivity contribution < 1.29 is 18.9 Å².